The van der Waals surface area contributed by atoms with Crippen LogP contribution in [0.3, 0.4) is 0 Å². The number of ether oxygens (including phenoxy) is 1. The second-order valence-corrected chi connectivity index (χ2v) is 11.7. The number of hydrogen-bond donors (Lipinski definition) is 1. The highest BCUT2D eigenvalue weighted by molar-refractivity contribution is 7.91. The Morgan fingerprint density at radius 2 is 1.89 bits per heavy atom. The minimum Gasteiger partial charge on any atom is -0.456 e. The van der Waals surface area contributed by atoms with Gasteiger partial charge in [-0.3, -0.25) is 14.5 Å². The molecule has 5 aromatic rings. The molecule has 1 N–H and O–H groups in total. The summed E-state index contributed by atoms with van der Waals surface area (Å²) in [6, 6.07) is 9.08. The van der Waals surface area contributed by atoms with E-state index in [0.717, 1.165) is 16.9 Å². The number of aryl methyl sites for hydroxylation is 1. The number of carbonyl (C=O) groups is 1. The number of fused-ring (bicyclic) bond motifs is 2. The highest BCUT2D eigenvalue weighted by Gasteiger charge is 2.25. The molecule has 1 aliphatic rings. The van der Waals surface area contributed by atoms with E-state index < -0.39 is 9.84 Å². The van der Waals surface area contributed by atoms with Crippen LogP contribution in [-0.2, 0) is 21.2 Å². The Morgan fingerprint density at radius 1 is 1.11 bits per heavy atom. The molecule has 38 heavy (non-hydrogen) atoms. The molecule has 2 aromatic carbocycles. The van der Waals surface area contributed by atoms with Crippen molar-refractivity contribution < 1.29 is 17.9 Å². The summed E-state index contributed by atoms with van der Waals surface area (Å²) in [6.07, 6.45) is 4.91. The second kappa shape index (κ2) is 9.37. The fraction of sp³-hybridized carbons (Fsp3) is 0.240. The number of imidazole rings is 1. The van der Waals surface area contributed by atoms with Crippen LogP contribution in [0.4, 0.5) is 0 Å². The SMILES string of the molecule is Cc1nc2ccc(Oc3ccc4ncc(-c5cnn(CC(=O)N6CCS(=O)(=O)CC6)c5)nc4c3Cl)cc2[nH]1. The molecule has 0 aliphatic carbocycles. The van der Waals surface area contributed by atoms with Crippen LogP contribution in [-0.4, -0.2) is 73.5 Å². The maximum atomic E-state index is 12.6. The van der Waals surface area contributed by atoms with Crippen molar-refractivity contribution in [2.45, 2.75) is 13.5 Å². The first kappa shape index (κ1) is 24.3. The Kier molecular flexibility index (Phi) is 6.00. The van der Waals surface area contributed by atoms with Crippen LogP contribution in [0.15, 0.2) is 48.9 Å². The van der Waals surface area contributed by atoms with Gasteiger partial charge in [0.05, 0.1) is 46.1 Å². The van der Waals surface area contributed by atoms with Crippen molar-refractivity contribution in [3.63, 3.8) is 0 Å². The third-order valence-corrected chi connectivity index (χ3v) is 8.31. The number of aromatic nitrogens is 6. The van der Waals surface area contributed by atoms with Crippen molar-refractivity contribution in [3.05, 3.63) is 59.8 Å². The summed E-state index contributed by atoms with van der Waals surface area (Å²) in [4.78, 5) is 30.9. The van der Waals surface area contributed by atoms with Crippen molar-refractivity contribution in [2.24, 2.45) is 0 Å². The Balaban J connectivity index is 1.22. The van der Waals surface area contributed by atoms with Crippen LogP contribution in [0.5, 0.6) is 11.5 Å². The third kappa shape index (κ3) is 4.79. The molecule has 6 rings (SSSR count). The van der Waals surface area contributed by atoms with E-state index in [4.69, 9.17) is 21.3 Å². The number of rotatable bonds is 5. The molecule has 11 nitrogen and oxygen atoms in total. The molecule has 4 heterocycles. The molecular weight excluding hydrogens is 530 g/mol. The second-order valence-electron chi connectivity index (χ2n) is 9.06. The molecule has 1 aliphatic heterocycles. The first-order chi connectivity index (χ1) is 18.2. The average molecular weight is 552 g/mol. The van der Waals surface area contributed by atoms with Gasteiger partial charge in [-0.05, 0) is 31.2 Å². The van der Waals surface area contributed by atoms with Gasteiger partial charge in [0.15, 0.2) is 9.84 Å². The summed E-state index contributed by atoms with van der Waals surface area (Å²) in [7, 11) is -3.06. The number of nitrogens with one attached hydrogen (secondary N) is 1. The summed E-state index contributed by atoms with van der Waals surface area (Å²) in [5.41, 5.74) is 3.98. The Labute approximate surface area is 222 Å². The van der Waals surface area contributed by atoms with Crippen molar-refractivity contribution in [1.82, 2.24) is 34.6 Å². The van der Waals surface area contributed by atoms with Crippen LogP contribution < -0.4 is 4.74 Å². The highest BCUT2D eigenvalue weighted by atomic mass is 35.5. The molecule has 3 aromatic heterocycles. The Morgan fingerprint density at radius 3 is 2.71 bits per heavy atom. The van der Waals surface area contributed by atoms with Gasteiger partial charge >= 0.3 is 0 Å². The van der Waals surface area contributed by atoms with Gasteiger partial charge in [0.2, 0.25) is 5.91 Å². The number of carbonyl (C=O) groups excluding carboxylic acids is 1. The number of amides is 1. The molecule has 0 saturated carbocycles. The number of halogens is 1. The third-order valence-electron chi connectivity index (χ3n) is 6.34. The van der Waals surface area contributed by atoms with Crippen LogP contribution >= 0.6 is 11.6 Å². The van der Waals surface area contributed by atoms with E-state index in [1.54, 1.807) is 35.6 Å². The maximum Gasteiger partial charge on any atom is 0.244 e. The summed E-state index contributed by atoms with van der Waals surface area (Å²) in [6.45, 7) is 2.29. The van der Waals surface area contributed by atoms with Gasteiger partial charge in [0, 0.05) is 30.9 Å². The lowest BCUT2D eigenvalue weighted by atomic mass is 10.2. The quantitative estimate of drug-likeness (QED) is 0.351. The fourth-order valence-corrected chi connectivity index (χ4v) is 5.78. The monoisotopic (exact) mass is 551 g/mol. The van der Waals surface area contributed by atoms with E-state index in [1.807, 2.05) is 25.1 Å². The van der Waals surface area contributed by atoms with E-state index in [9.17, 15) is 13.2 Å². The molecule has 0 unspecified atom stereocenters. The van der Waals surface area contributed by atoms with Gasteiger partial charge in [0.25, 0.3) is 0 Å². The maximum absolute atomic E-state index is 12.6. The van der Waals surface area contributed by atoms with Gasteiger partial charge in [-0.25, -0.2) is 18.4 Å². The first-order valence-electron chi connectivity index (χ1n) is 11.8. The Bertz CT molecular complexity index is 1800. The van der Waals surface area contributed by atoms with Crippen LogP contribution in [0.25, 0.3) is 33.3 Å². The zero-order chi connectivity index (χ0) is 26.4. The lowest BCUT2D eigenvalue weighted by Gasteiger charge is -2.26. The molecular formula is C25H22ClN7O4S. The number of benzene rings is 2. The minimum atomic E-state index is -3.06. The molecule has 0 bridgehead atoms. The first-order valence-corrected chi connectivity index (χ1v) is 14.0. The molecule has 0 spiro atoms. The zero-order valence-corrected chi connectivity index (χ0v) is 21.8. The number of hydrogen-bond acceptors (Lipinski definition) is 8. The van der Waals surface area contributed by atoms with Gasteiger partial charge in [-0.1, -0.05) is 11.6 Å². The number of aromatic amines is 1. The number of nitrogens with zero attached hydrogens (tertiary/aromatic N) is 6. The molecule has 1 fully saturated rings. The van der Waals surface area contributed by atoms with Crippen molar-refractivity contribution in [1.29, 1.82) is 0 Å². The normalized spacial score (nSPS) is 15.3. The zero-order valence-electron chi connectivity index (χ0n) is 20.3. The summed E-state index contributed by atoms with van der Waals surface area (Å²) >= 11 is 6.69. The summed E-state index contributed by atoms with van der Waals surface area (Å²) in [5.74, 6) is 1.64. The molecule has 1 saturated heterocycles. The molecule has 1 amide bonds. The van der Waals surface area contributed by atoms with Crippen LogP contribution in [0.2, 0.25) is 5.02 Å². The van der Waals surface area contributed by atoms with E-state index in [0.29, 0.717) is 38.8 Å². The van der Waals surface area contributed by atoms with Crippen molar-refractivity contribution in [2.75, 3.05) is 24.6 Å². The van der Waals surface area contributed by atoms with Crippen LogP contribution in [0, 0.1) is 6.92 Å². The van der Waals surface area contributed by atoms with Gasteiger partial charge in [0.1, 0.15) is 34.4 Å². The van der Waals surface area contributed by atoms with Crippen molar-refractivity contribution in [3.8, 4) is 22.8 Å². The van der Waals surface area contributed by atoms with E-state index in [1.165, 1.54) is 4.68 Å². The lowest BCUT2D eigenvalue weighted by molar-refractivity contribution is -0.131. The predicted octanol–water partition coefficient (Wildman–Crippen LogP) is 3.38. The molecule has 0 atom stereocenters. The summed E-state index contributed by atoms with van der Waals surface area (Å²) in [5, 5.41) is 4.60. The topological polar surface area (TPSA) is 136 Å². The van der Waals surface area contributed by atoms with E-state index in [-0.39, 0.29) is 37.0 Å². The standard InChI is InChI=1S/C25H22ClN7O4S/c1-15-29-18-3-2-17(10-20(18)30-15)37-22-5-4-19-25(24(22)26)31-21(12-27-19)16-11-28-33(13-16)14-23(34)32-6-8-38(35,36)9-7-32/h2-5,10-13H,6-9,14H2,1H3,(H,29,30). The largest absolute Gasteiger partial charge is 0.456 e. The van der Waals surface area contributed by atoms with E-state index in [2.05, 4.69) is 20.1 Å². The minimum absolute atomic E-state index is 0.00000159. The van der Waals surface area contributed by atoms with Gasteiger partial charge < -0.3 is 14.6 Å². The highest BCUT2D eigenvalue weighted by Crippen LogP contribution is 2.35. The number of sulfone groups is 1. The van der Waals surface area contributed by atoms with Gasteiger partial charge in [-0.2, -0.15) is 5.10 Å². The van der Waals surface area contributed by atoms with Crippen LogP contribution in [0.1, 0.15) is 5.82 Å². The molecule has 13 heteroatoms. The predicted molar refractivity (Wildman–Crippen MR) is 142 cm³/mol. The van der Waals surface area contributed by atoms with Crippen molar-refractivity contribution >= 4 is 49.4 Å². The fourth-order valence-electron chi connectivity index (χ4n) is 4.33. The average Bonchev–Trinajstić information content (AvgIpc) is 3.51. The Hall–Kier alpha value is -4.03. The van der Waals surface area contributed by atoms with E-state index >= 15 is 0 Å². The molecule has 0 radical (unpaired) electrons. The lowest BCUT2D eigenvalue weighted by Crippen LogP contribution is -2.45. The summed E-state index contributed by atoms with van der Waals surface area (Å²) < 4.78 is 30.8. The number of H-pyrrole nitrogens is 1. The van der Waals surface area contributed by atoms with Gasteiger partial charge in [-0.15, -0.1) is 0 Å². The smallest absolute Gasteiger partial charge is 0.244 e. The molecule has 194 valence electrons.